The summed E-state index contributed by atoms with van der Waals surface area (Å²) in [6, 6.07) is 9.10. The van der Waals surface area contributed by atoms with E-state index in [-0.39, 0.29) is 5.91 Å². The molecule has 1 aromatic rings. The highest BCUT2D eigenvalue weighted by molar-refractivity contribution is 5.95. The Hall–Kier alpha value is -2.16. The van der Waals surface area contributed by atoms with Crippen LogP contribution in [-0.2, 0) is 0 Å². The third-order valence-corrected chi connectivity index (χ3v) is 2.24. The van der Waals surface area contributed by atoms with Crippen molar-refractivity contribution in [1.29, 1.82) is 0 Å². The highest BCUT2D eigenvalue weighted by Crippen LogP contribution is 2.08. The van der Waals surface area contributed by atoms with Crippen molar-refractivity contribution in [1.82, 2.24) is 5.01 Å². The Morgan fingerprint density at radius 1 is 1.25 bits per heavy atom. The van der Waals surface area contributed by atoms with E-state index < -0.39 is 0 Å². The molecular formula is C13H12N2O. The monoisotopic (exact) mass is 212 g/mol. The standard InChI is InChI=1S/C13H12N2O/c1-11-7-9-14-15(10-8-11)13(16)12-5-3-2-4-6-12/h2-10H,1H3. The first-order chi connectivity index (χ1) is 7.77. The number of nitrogens with zero attached hydrogens (tertiary/aromatic N) is 2. The molecule has 0 saturated carbocycles. The van der Waals surface area contributed by atoms with Crippen LogP contribution in [0.4, 0.5) is 0 Å². The predicted molar refractivity (Wildman–Crippen MR) is 64.0 cm³/mol. The molecule has 80 valence electrons. The van der Waals surface area contributed by atoms with E-state index in [1.165, 1.54) is 5.01 Å². The summed E-state index contributed by atoms with van der Waals surface area (Å²) in [4.78, 5) is 12.0. The molecule has 3 heteroatoms. The minimum absolute atomic E-state index is 0.129. The van der Waals surface area contributed by atoms with Gasteiger partial charge in [0.15, 0.2) is 0 Å². The molecule has 0 bridgehead atoms. The Bertz CT molecular complexity index is 472. The molecule has 2 rings (SSSR count). The van der Waals surface area contributed by atoms with Gasteiger partial charge >= 0.3 is 0 Å². The molecule has 1 heterocycles. The number of rotatable bonds is 1. The van der Waals surface area contributed by atoms with Crippen LogP contribution in [0.3, 0.4) is 0 Å². The summed E-state index contributed by atoms with van der Waals surface area (Å²) in [6.45, 7) is 1.96. The van der Waals surface area contributed by atoms with E-state index in [1.54, 1.807) is 24.5 Å². The fraction of sp³-hybridized carbons (Fsp3) is 0.0769. The average molecular weight is 212 g/mol. The number of hydrogen-bond donors (Lipinski definition) is 0. The first kappa shape index (κ1) is 10.4. The number of benzene rings is 1. The zero-order chi connectivity index (χ0) is 11.4. The molecule has 16 heavy (non-hydrogen) atoms. The van der Waals surface area contributed by atoms with Gasteiger partial charge in [0.2, 0.25) is 0 Å². The lowest BCUT2D eigenvalue weighted by Crippen LogP contribution is -2.19. The number of hydrazone groups is 1. The number of carbonyl (C=O) groups excluding carboxylic acids is 1. The van der Waals surface area contributed by atoms with Gasteiger partial charge in [-0.05, 0) is 36.8 Å². The number of allylic oxidation sites excluding steroid dienone is 3. The highest BCUT2D eigenvalue weighted by Gasteiger charge is 2.11. The van der Waals surface area contributed by atoms with Crippen molar-refractivity contribution >= 4 is 12.1 Å². The van der Waals surface area contributed by atoms with Crippen LogP contribution in [0.1, 0.15) is 17.3 Å². The van der Waals surface area contributed by atoms with Crippen molar-refractivity contribution in [3.05, 3.63) is 59.8 Å². The van der Waals surface area contributed by atoms with Crippen molar-refractivity contribution in [3.8, 4) is 0 Å². The van der Waals surface area contributed by atoms with Crippen LogP contribution in [0, 0.1) is 0 Å². The second-order valence-corrected chi connectivity index (χ2v) is 3.51. The lowest BCUT2D eigenvalue weighted by atomic mass is 10.2. The Morgan fingerprint density at radius 3 is 2.75 bits per heavy atom. The smallest absolute Gasteiger partial charge is 0.267 e. The number of carbonyl (C=O) groups is 1. The minimum atomic E-state index is -0.129. The topological polar surface area (TPSA) is 32.7 Å². The molecule has 3 nitrogen and oxygen atoms in total. The Morgan fingerprint density at radius 2 is 2.00 bits per heavy atom. The van der Waals surface area contributed by atoms with Crippen LogP contribution in [-0.4, -0.2) is 17.1 Å². The van der Waals surface area contributed by atoms with Gasteiger partial charge in [0, 0.05) is 18.0 Å². The first-order valence-electron chi connectivity index (χ1n) is 5.05. The highest BCUT2D eigenvalue weighted by atomic mass is 16.2. The molecular weight excluding hydrogens is 200 g/mol. The lowest BCUT2D eigenvalue weighted by molar-refractivity contribution is 0.0827. The third-order valence-electron chi connectivity index (χ3n) is 2.24. The maximum atomic E-state index is 12.0. The molecule has 1 aliphatic rings. The van der Waals surface area contributed by atoms with Crippen LogP contribution in [0.15, 0.2) is 59.4 Å². The molecule has 0 radical (unpaired) electrons. The largest absolute Gasteiger partial charge is 0.278 e. The number of hydrogen-bond acceptors (Lipinski definition) is 2. The van der Waals surface area contributed by atoms with Crippen LogP contribution < -0.4 is 0 Å². The Kier molecular flexibility index (Phi) is 2.96. The Balaban J connectivity index is 2.22. The molecule has 0 unspecified atom stereocenters. The van der Waals surface area contributed by atoms with Gasteiger partial charge in [0.25, 0.3) is 5.91 Å². The van der Waals surface area contributed by atoms with Gasteiger partial charge in [0.1, 0.15) is 0 Å². The molecule has 0 aromatic heterocycles. The fourth-order valence-corrected chi connectivity index (χ4v) is 1.34. The summed E-state index contributed by atoms with van der Waals surface area (Å²) in [5.41, 5.74) is 1.69. The second-order valence-electron chi connectivity index (χ2n) is 3.51. The van der Waals surface area contributed by atoms with Gasteiger partial charge in [-0.25, -0.2) is 5.01 Å². The fourth-order valence-electron chi connectivity index (χ4n) is 1.34. The summed E-state index contributed by atoms with van der Waals surface area (Å²) in [7, 11) is 0. The average Bonchev–Trinajstić information content (AvgIpc) is 2.54. The molecule has 0 N–H and O–H groups in total. The summed E-state index contributed by atoms with van der Waals surface area (Å²) in [6.07, 6.45) is 7.00. The van der Waals surface area contributed by atoms with Crippen LogP contribution in [0.2, 0.25) is 0 Å². The SMILES string of the molecule is CC1=CC=NN(C(=O)c2ccccc2)C=C1. The quantitative estimate of drug-likeness (QED) is 0.704. The third kappa shape index (κ3) is 2.25. The lowest BCUT2D eigenvalue weighted by Gasteiger charge is -2.10. The molecule has 0 atom stereocenters. The molecule has 1 amide bonds. The van der Waals surface area contributed by atoms with Gasteiger partial charge in [0.05, 0.1) is 0 Å². The van der Waals surface area contributed by atoms with Gasteiger partial charge in [-0.15, -0.1) is 0 Å². The van der Waals surface area contributed by atoms with Crippen molar-refractivity contribution in [2.75, 3.05) is 0 Å². The summed E-state index contributed by atoms with van der Waals surface area (Å²) >= 11 is 0. The molecule has 0 aliphatic carbocycles. The maximum Gasteiger partial charge on any atom is 0.278 e. The Labute approximate surface area is 94.4 Å². The zero-order valence-electron chi connectivity index (χ0n) is 9.00. The van der Waals surface area contributed by atoms with Crippen molar-refractivity contribution in [3.63, 3.8) is 0 Å². The summed E-state index contributed by atoms with van der Waals surface area (Å²) < 4.78 is 0. The number of amides is 1. The normalized spacial score (nSPS) is 14.6. The van der Waals surface area contributed by atoms with Gasteiger partial charge < -0.3 is 0 Å². The second kappa shape index (κ2) is 4.57. The van der Waals surface area contributed by atoms with Crippen LogP contribution in [0.25, 0.3) is 0 Å². The van der Waals surface area contributed by atoms with E-state index in [2.05, 4.69) is 5.10 Å². The van der Waals surface area contributed by atoms with E-state index in [9.17, 15) is 4.79 Å². The maximum absolute atomic E-state index is 12.0. The first-order valence-corrected chi connectivity index (χ1v) is 5.05. The summed E-state index contributed by atoms with van der Waals surface area (Å²) in [5.74, 6) is -0.129. The molecule has 0 fully saturated rings. The van der Waals surface area contributed by atoms with E-state index in [0.29, 0.717) is 5.56 Å². The molecule has 1 aromatic carbocycles. The zero-order valence-corrected chi connectivity index (χ0v) is 9.00. The molecule has 0 saturated heterocycles. The molecule has 0 spiro atoms. The minimum Gasteiger partial charge on any atom is -0.267 e. The van der Waals surface area contributed by atoms with E-state index in [1.807, 2.05) is 37.3 Å². The van der Waals surface area contributed by atoms with E-state index in [0.717, 1.165) is 5.57 Å². The van der Waals surface area contributed by atoms with Gasteiger partial charge in [-0.3, -0.25) is 4.79 Å². The van der Waals surface area contributed by atoms with E-state index >= 15 is 0 Å². The summed E-state index contributed by atoms with van der Waals surface area (Å²) in [5, 5.41) is 5.38. The van der Waals surface area contributed by atoms with Gasteiger partial charge in [-0.2, -0.15) is 5.10 Å². The van der Waals surface area contributed by atoms with Crippen molar-refractivity contribution in [2.24, 2.45) is 5.10 Å². The van der Waals surface area contributed by atoms with E-state index in [4.69, 9.17) is 0 Å². The van der Waals surface area contributed by atoms with Gasteiger partial charge in [-0.1, -0.05) is 18.2 Å². The molecule has 1 aliphatic heterocycles. The van der Waals surface area contributed by atoms with Crippen molar-refractivity contribution in [2.45, 2.75) is 6.92 Å². The predicted octanol–water partition coefficient (Wildman–Crippen LogP) is 2.59. The van der Waals surface area contributed by atoms with Crippen LogP contribution in [0.5, 0.6) is 0 Å². The van der Waals surface area contributed by atoms with Crippen molar-refractivity contribution < 1.29 is 4.79 Å². The van der Waals surface area contributed by atoms with Crippen LogP contribution >= 0.6 is 0 Å².